The lowest BCUT2D eigenvalue weighted by Gasteiger charge is -2.33. The summed E-state index contributed by atoms with van der Waals surface area (Å²) in [4.78, 5) is 4.09. The molecule has 0 amide bonds. The van der Waals surface area contributed by atoms with Gasteiger partial charge in [0.25, 0.3) is 0 Å². The number of nitrogens with two attached hydrogens (primary N) is 1. The van der Waals surface area contributed by atoms with E-state index in [2.05, 4.69) is 35.4 Å². The third kappa shape index (κ3) is 2.94. The van der Waals surface area contributed by atoms with Gasteiger partial charge in [-0.15, -0.1) is 23.7 Å². The Balaban J connectivity index is 0.00000133. The van der Waals surface area contributed by atoms with Crippen molar-refractivity contribution < 1.29 is 0 Å². The second kappa shape index (κ2) is 5.95. The molecular weight excluding hydrogens is 276 g/mol. The summed E-state index contributed by atoms with van der Waals surface area (Å²) in [5.74, 6) is 0. The van der Waals surface area contributed by atoms with Crippen molar-refractivity contribution >= 4 is 29.4 Å². The zero-order valence-corrected chi connectivity index (χ0v) is 12.6. The van der Waals surface area contributed by atoms with Crippen LogP contribution in [0.4, 0.5) is 5.69 Å². The molecule has 0 radical (unpaired) electrons. The number of fused-ring (bicyclic) bond motifs is 1. The smallest absolute Gasteiger partial charge is 0.0334 e. The Bertz CT molecular complexity index is 553. The molecule has 3 rings (SSSR count). The molecule has 4 heteroatoms. The highest BCUT2D eigenvalue weighted by molar-refractivity contribution is 7.10. The zero-order chi connectivity index (χ0) is 12.5. The first-order chi connectivity index (χ1) is 8.74. The Morgan fingerprint density at radius 2 is 2.21 bits per heavy atom. The molecule has 1 atom stereocenters. The molecule has 0 bridgehead atoms. The molecule has 1 aliphatic rings. The van der Waals surface area contributed by atoms with E-state index in [0.29, 0.717) is 6.04 Å². The van der Waals surface area contributed by atoms with Crippen molar-refractivity contribution in [1.29, 1.82) is 0 Å². The minimum Gasteiger partial charge on any atom is -0.399 e. The fraction of sp³-hybridized carbons (Fsp3) is 0.333. The predicted molar refractivity (Wildman–Crippen MR) is 85.0 cm³/mol. The van der Waals surface area contributed by atoms with Crippen LogP contribution in [0.1, 0.15) is 29.0 Å². The van der Waals surface area contributed by atoms with Crippen molar-refractivity contribution in [3.8, 4) is 0 Å². The minimum atomic E-state index is 0. The molecule has 1 aromatic carbocycles. The number of benzene rings is 1. The minimum absolute atomic E-state index is 0. The lowest BCUT2D eigenvalue weighted by molar-refractivity contribution is 0.191. The van der Waals surface area contributed by atoms with Crippen molar-refractivity contribution in [2.24, 2.45) is 0 Å². The monoisotopic (exact) mass is 294 g/mol. The Morgan fingerprint density at radius 1 is 1.37 bits per heavy atom. The number of hydrogen-bond donors (Lipinski definition) is 1. The number of halogens is 1. The molecule has 0 fully saturated rings. The molecular formula is C15H19ClN2S. The van der Waals surface area contributed by atoms with Crippen LogP contribution in [0.5, 0.6) is 0 Å². The molecule has 0 spiro atoms. The summed E-state index contributed by atoms with van der Waals surface area (Å²) in [6.07, 6.45) is 1.18. The number of nitrogens with zero attached hydrogens (tertiary/aromatic N) is 1. The van der Waals surface area contributed by atoms with Gasteiger partial charge in [0.05, 0.1) is 0 Å². The van der Waals surface area contributed by atoms with E-state index in [1.807, 2.05) is 23.5 Å². The Labute approximate surface area is 124 Å². The van der Waals surface area contributed by atoms with E-state index in [-0.39, 0.29) is 12.4 Å². The average Bonchev–Trinajstić information content (AvgIpc) is 2.82. The van der Waals surface area contributed by atoms with Gasteiger partial charge in [0.2, 0.25) is 0 Å². The molecule has 2 N–H and O–H groups in total. The van der Waals surface area contributed by atoms with Crippen LogP contribution in [-0.4, -0.2) is 11.4 Å². The van der Waals surface area contributed by atoms with Crippen LogP contribution in [-0.2, 0) is 13.0 Å². The first-order valence-electron chi connectivity index (χ1n) is 6.39. The topological polar surface area (TPSA) is 29.3 Å². The average molecular weight is 295 g/mol. The summed E-state index contributed by atoms with van der Waals surface area (Å²) < 4.78 is 0. The highest BCUT2D eigenvalue weighted by atomic mass is 35.5. The molecule has 1 aromatic heterocycles. The molecule has 19 heavy (non-hydrogen) atoms. The number of nitrogen functional groups attached to an aromatic ring is 1. The van der Waals surface area contributed by atoms with Crippen LogP contribution in [0.2, 0.25) is 0 Å². The normalized spacial score (nSPS) is 18.7. The quantitative estimate of drug-likeness (QED) is 0.852. The summed E-state index contributed by atoms with van der Waals surface area (Å²) in [5, 5.41) is 2.21. The van der Waals surface area contributed by atoms with Gasteiger partial charge in [-0.05, 0) is 48.1 Å². The van der Waals surface area contributed by atoms with Gasteiger partial charge in [0.1, 0.15) is 0 Å². The second-order valence-corrected chi connectivity index (χ2v) is 5.94. The van der Waals surface area contributed by atoms with Gasteiger partial charge in [-0.2, -0.15) is 0 Å². The predicted octanol–water partition coefficient (Wildman–Crippen LogP) is 3.87. The van der Waals surface area contributed by atoms with E-state index in [1.54, 1.807) is 4.88 Å². The van der Waals surface area contributed by atoms with Gasteiger partial charge in [-0.3, -0.25) is 4.90 Å². The molecule has 0 saturated carbocycles. The summed E-state index contributed by atoms with van der Waals surface area (Å²) in [6, 6.07) is 11.0. The fourth-order valence-electron chi connectivity index (χ4n) is 2.70. The molecule has 1 aliphatic heterocycles. The molecule has 1 unspecified atom stereocenters. The van der Waals surface area contributed by atoms with E-state index in [0.717, 1.165) is 18.8 Å². The van der Waals surface area contributed by atoms with Crippen LogP contribution in [0, 0.1) is 0 Å². The lowest BCUT2D eigenvalue weighted by atomic mass is 10.0. The lowest BCUT2D eigenvalue weighted by Crippen LogP contribution is -2.32. The fourth-order valence-corrected chi connectivity index (χ4v) is 3.67. The number of hydrogen-bond acceptors (Lipinski definition) is 3. The van der Waals surface area contributed by atoms with Crippen LogP contribution in [0.15, 0.2) is 35.7 Å². The maximum Gasteiger partial charge on any atom is 0.0334 e. The first kappa shape index (κ1) is 14.4. The van der Waals surface area contributed by atoms with Crippen molar-refractivity contribution in [3.05, 3.63) is 51.7 Å². The molecule has 2 nitrogen and oxygen atoms in total. The van der Waals surface area contributed by atoms with Crippen molar-refractivity contribution in [1.82, 2.24) is 4.90 Å². The SMILES string of the molecule is CC1c2ccsc2CCN1Cc1cccc(N)c1.Cl. The second-order valence-electron chi connectivity index (χ2n) is 4.94. The Kier molecular flexibility index (Phi) is 4.50. The van der Waals surface area contributed by atoms with E-state index in [9.17, 15) is 0 Å². The summed E-state index contributed by atoms with van der Waals surface area (Å²) >= 11 is 1.89. The van der Waals surface area contributed by atoms with Crippen LogP contribution in [0.3, 0.4) is 0 Å². The van der Waals surface area contributed by atoms with E-state index in [1.165, 1.54) is 17.5 Å². The molecule has 2 heterocycles. The molecule has 102 valence electrons. The Morgan fingerprint density at radius 3 is 3.00 bits per heavy atom. The van der Waals surface area contributed by atoms with Crippen LogP contribution in [0.25, 0.3) is 0 Å². The van der Waals surface area contributed by atoms with Gasteiger partial charge >= 0.3 is 0 Å². The van der Waals surface area contributed by atoms with Crippen LogP contribution < -0.4 is 5.73 Å². The van der Waals surface area contributed by atoms with E-state index >= 15 is 0 Å². The van der Waals surface area contributed by atoms with Gasteiger partial charge in [0.15, 0.2) is 0 Å². The third-order valence-corrected chi connectivity index (χ3v) is 4.74. The maximum atomic E-state index is 5.84. The van der Waals surface area contributed by atoms with E-state index in [4.69, 9.17) is 5.73 Å². The first-order valence-corrected chi connectivity index (χ1v) is 7.27. The van der Waals surface area contributed by atoms with Gasteiger partial charge < -0.3 is 5.73 Å². The summed E-state index contributed by atoms with van der Waals surface area (Å²) in [6.45, 7) is 4.43. The third-order valence-electron chi connectivity index (χ3n) is 3.74. The van der Waals surface area contributed by atoms with Crippen molar-refractivity contribution in [3.63, 3.8) is 0 Å². The van der Waals surface area contributed by atoms with Gasteiger partial charge in [-0.1, -0.05) is 12.1 Å². The van der Waals surface area contributed by atoms with Crippen LogP contribution >= 0.6 is 23.7 Å². The largest absolute Gasteiger partial charge is 0.399 e. The molecule has 2 aromatic rings. The standard InChI is InChI=1S/C15H18N2S.ClH/c1-11-14-6-8-18-15(14)5-7-17(11)10-12-3-2-4-13(16)9-12;/h2-4,6,8-9,11H,5,7,10,16H2,1H3;1H. The van der Waals surface area contributed by atoms with Gasteiger partial charge in [-0.25, -0.2) is 0 Å². The Hall–Kier alpha value is -1.03. The number of rotatable bonds is 2. The maximum absolute atomic E-state index is 5.84. The number of anilines is 1. The molecule has 0 saturated heterocycles. The van der Waals surface area contributed by atoms with Crippen molar-refractivity contribution in [2.45, 2.75) is 25.9 Å². The molecule has 0 aliphatic carbocycles. The summed E-state index contributed by atoms with van der Waals surface area (Å²) in [5.41, 5.74) is 9.51. The highest BCUT2D eigenvalue weighted by Gasteiger charge is 2.24. The van der Waals surface area contributed by atoms with E-state index < -0.39 is 0 Å². The van der Waals surface area contributed by atoms with Crippen molar-refractivity contribution in [2.75, 3.05) is 12.3 Å². The highest BCUT2D eigenvalue weighted by Crippen LogP contribution is 2.33. The van der Waals surface area contributed by atoms with Gasteiger partial charge in [0, 0.05) is 29.7 Å². The zero-order valence-electron chi connectivity index (χ0n) is 11.0. The number of thiophene rings is 1. The summed E-state index contributed by atoms with van der Waals surface area (Å²) in [7, 11) is 0.